The average molecular weight is 403 g/mol. The fourth-order valence-electron chi connectivity index (χ4n) is 3.56. The van der Waals surface area contributed by atoms with Crippen LogP contribution in [0.1, 0.15) is 31.2 Å². The molecule has 1 aliphatic rings. The van der Waals surface area contributed by atoms with E-state index in [0.29, 0.717) is 25.8 Å². The monoisotopic (exact) mass is 402 g/mol. The summed E-state index contributed by atoms with van der Waals surface area (Å²) in [6.45, 7) is 0.707. The molecule has 2 rings (SSSR count). The highest BCUT2D eigenvalue weighted by atomic mass is 35.5. The van der Waals surface area contributed by atoms with Crippen LogP contribution in [0.4, 0.5) is 14.0 Å². The number of hydrogen-bond donors (Lipinski definition) is 3. The number of ether oxygens (including phenoxy) is 1. The van der Waals surface area contributed by atoms with Crippen LogP contribution in [0.3, 0.4) is 0 Å². The number of alkyl carbamates (subject to hydrolysis) is 1. The van der Waals surface area contributed by atoms with E-state index in [0.717, 1.165) is 0 Å². The molecule has 1 aliphatic heterocycles. The van der Waals surface area contributed by atoms with Gasteiger partial charge in [-0.1, -0.05) is 23.7 Å². The van der Waals surface area contributed by atoms with Gasteiger partial charge in [0.15, 0.2) is 0 Å². The third kappa shape index (κ3) is 5.01. The first-order valence-corrected chi connectivity index (χ1v) is 9.14. The first kappa shape index (κ1) is 21.2. The van der Waals surface area contributed by atoms with E-state index in [9.17, 15) is 24.2 Å². The van der Waals surface area contributed by atoms with E-state index in [1.54, 1.807) is 6.07 Å². The van der Waals surface area contributed by atoms with E-state index < -0.39 is 29.5 Å². The van der Waals surface area contributed by atoms with Crippen molar-refractivity contribution in [3.63, 3.8) is 0 Å². The van der Waals surface area contributed by atoms with Crippen molar-refractivity contribution >= 4 is 23.8 Å². The molecule has 9 heteroatoms. The number of likely N-dealkylation sites (tertiary alicyclic amines) is 1. The number of hydrogen-bond acceptors (Lipinski definition) is 4. The van der Waals surface area contributed by atoms with Gasteiger partial charge < -0.3 is 25.2 Å². The highest BCUT2D eigenvalue weighted by Gasteiger charge is 2.43. The molecule has 0 bridgehead atoms. The molecular formula is C18H24ClFN2O5. The molecule has 27 heavy (non-hydrogen) atoms. The van der Waals surface area contributed by atoms with Gasteiger partial charge in [0, 0.05) is 31.1 Å². The second kappa shape index (κ2) is 9.23. The number of halogens is 2. The summed E-state index contributed by atoms with van der Waals surface area (Å²) in [4.78, 5) is 23.8. The molecule has 2 atom stereocenters. The Bertz CT molecular complexity index is 690. The van der Waals surface area contributed by atoms with Gasteiger partial charge in [-0.25, -0.2) is 14.0 Å². The van der Waals surface area contributed by atoms with Gasteiger partial charge in [0.05, 0.1) is 17.7 Å². The smallest absolute Gasteiger partial charge is 0.407 e. The van der Waals surface area contributed by atoms with Crippen molar-refractivity contribution in [1.82, 2.24) is 10.2 Å². The highest BCUT2D eigenvalue weighted by molar-refractivity contribution is 6.30. The molecule has 0 aromatic heterocycles. The zero-order valence-corrected chi connectivity index (χ0v) is 15.8. The molecule has 2 unspecified atom stereocenters. The maximum atomic E-state index is 14.7. The number of aliphatic hydroxyl groups is 1. The number of benzene rings is 1. The van der Waals surface area contributed by atoms with Crippen molar-refractivity contribution in [2.45, 2.75) is 31.3 Å². The number of nitrogens with one attached hydrogen (secondary N) is 1. The van der Waals surface area contributed by atoms with E-state index in [1.807, 2.05) is 0 Å². The summed E-state index contributed by atoms with van der Waals surface area (Å²) < 4.78 is 19.2. The molecule has 3 N–H and O–H groups in total. The number of carboxylic acid groups (broad SMARTS) is 1. The first-order chi connectivity index (χ1) is 12.8. The van der Waals surface area contributed by atoms with E-state index >= 15 is 0 Å². The molecule has 1 aromatic carbocycles. The van der Waals surface area contributed by atoms with Gasteiger partial charge in [0.2, 0.25) is 0 Å². The number of amides is 2. The van der Waals surface area contributed by atoms with Crippen LogP contribution < -0.4 is 5.32 Å². The Labute approximate surface area is 162 Å². The van der Waals surface area contributed by atoms with Gasteiger partial charge in [0.25, 0.3) is 0 Å². The second-order valence-electron chi connectivity index (χ2n) is 6.62. The fraction of sp³-hybridized carbons (Fsp3) is 0.556. The minimum atomic E-state index is -1.61. The Kier molecular flexibility index (Phi) is 7.26. The third-order valence-corrected chi connectivity index (χ3v) is 5.27. The predicted octanol–water partition coefficient (Wildman–Crippen LogP) is 3.19. The Hall–Kier alpha value is -2.06. The van der Waals surface area contributed by atoms with Crippen molar-refractivity contribution in [1.29, 1.82) is 0 Å². The van der Waals surface area contributed by atoms with Crippen LogP contribution in [-0.4, -0.2) is 54.0 Å². The van der Waals surface area contributed by atoms with Crippen LogP contribution >= 0.6 is 11.6 Å². The van der Waals surface area contributed by atoms with Crippen LogP contribution in [-0.2, 0) is 10.3 Å². The molecule has 150 valence electrons. The summed E-state index contributed by atoms with van der Waals surface area (Å²) in [5.41, 5.74) is -1.56. The summed E-state index contributed by atoms with van der Waals surface area (Å²) in [5, 5.41) is 23.2. The van der Waals surface area contributed by atoms with Crippen LogP contribution in [0.15, 0.2) is 18.2 Å². The number of carbonyl (C=O) groups is 2. The minimum Gasteiger partial charge on any atom is -0.465 e. The zero-order valence-electron chi connectivity index (χ0n) is 15.1. The van der Waals surface area contributed by atoms with Crippen molar-refractivity contribution in [3.05, 3.63) is 34.6 Å². The molecule has 1 saturated heterocycles. The number of methoxy groups -OCH3 is 1. The lowest BCUT2D eigenvalue weighted by molar-refractivity contribution is -0.0597. The van der Waals surface area contributed by atoms with E-state index in [2.05, 4.69) is 10.1 Å². The van der Waals surface area contributed by atoms with E-state index in [1.165, 1.54) is 24.1 Å². The maximum absolute atomic E-state index is 14.7. The van der Waals surface area contributed by atoms with Crippen LogP contribution in [0.25, 0.3) is 0 Å². The average Bonchev–Trinajstić information content (AvgIpc) is 2.67. The van der Waals surface area contributed by atoms with E-state index in [4.69, 9.17) is 11.6 Å². The molecular weight excluding hydrogens is 379 g/mol. The molecule has 0 radical (unpaired) electrons. The Morgan fingerprint density at radius 3 is 2.89 bits per heavy atom. The van der Waals surface area contributed by atoms with Gasteiger partial charge in [-0.2, -0.15) is 0 Å². The lowest BCUT2D eigenvalue weighted by Crippen LogP contribution is -2.48. The summed E-state index contributed by atoms with van der Waals surface area (Å²) in [5.74, 6) is -1.21. The van der Waals surface area contributed by atoms with Crippen LogP contribution in [0, 0.1) is 11.7 Å². The second-order valence-corrected chi connectivity index (χ2v) is 7.02. The fourth-order valence-corrected chi connectivity index (χ4v) is 3.73. The Balaban J connectivity index is 2.26. The molecule has 0 saturated carbocycles. The van der Waals surface area contributed by atoms with E-state index in [-0.39, 0.29) is 30.1 Å². The first-order valence-electron chi connectivity index (χ1n) is 8.76. The largest absolute Gasteiger partial charge is 0.465 e. The molecule has 0 aliphatic carbocycles. The summed E-state index contributed by atoms with van der Waals surface area (Å²) in [6.07, 6.45) is -0.0605. The lowest BCUT2D eigenvalue weighted by atomic mass is 9.74. The quantitative estimate of drug-likeness (QED) is 0.634. The maximum Gasteiger partial charge on any atom is 0.407 e. The Morgan fingerprint density at radius 1 is 1.48 bits per heavy atom. The topological polar surface area (TPSA) is 99.1 Å². The minimum absolute atomic E-state index is 0.0466. The van der Waals surface area contributed by atoms with Gasteiger partial charge in [-0.3, -0.25) is 0 Å². The van der Waals surface area contributed by atoms with Crippen LogP contribution in [0.5, 0.6) is 0 Å². The third-order valence-electron chi connectivity index (χ3n) is 4.97. The normalized spacial score (nSPS) is 19.3. The standard InChI is InChI=1S/C18H24ClFN2O5/c1-27-16(23)21-9-4-8-18(26,13-6-2-7-14(19)15(13)20)12-5-3-10-22(11-12)17(24)25/h2,6-7,12,26H,3-5,8-11H2,1H3,(H,21,23)(H,24,25). The number of piperidine rings is 1. The van der Waals surface area contributed by atoms with Gasteiger partial charge in [-0.05, 0) is 31.7 Å². The van der Waals surface area contributed by atoms with Crippen molar-refractivity contribution in [3.8, 4) is 0 Å². The number of rotatable bonds is 6. The van der Waals surface area contributed by atoms with Crippen molar-refractivity contribution < 1.29 is 28.9 Å². The van der Waals surface area contributed by atoms with Crippen molar-refractivity contribution in [2.24, 2.45) is 5.92 Å². The molecule has 0 spiro atoms. The molecule has 1 heterocycles. The number of nitrogens with zero attached hydrogens (tertiary/aromatic N) is 1. The predicted molar refractivity (Wildman–Crippen MR) is 97.3 cm³/mol. The van der Waals surface area contributed by atoms with Gasteiger partial charge >= 0.3 is 12.2 Å². The van der Waals surface area contributed by atoms with Crippen molar-refractivity contribution in [2.75, 3.05) is 26.7 Å². The molecule has 7 nitrogen and oxygen atoms in total. The van der Waals surface area contributed by atoms with Gasteiger partial charge in [-0.15, -0.1) is 0 Å². The van der Waals surface area contributed by atoms with Crippen LogP contribution in [0.2, 0.25) is 5.02 Å². The molecule has 1 aromatic rings. The SMILES string of the molecule is COC(=O)NCCCC(O)(c1cccc(Cl)c1F)C1CCCN(C(=O)O)C1. The lowest BCUT2D eigenvalue weighted by Gasteiger charge is -2.42. The molecule has 1 fully saturated rings. The zero-order chi connectivity index (χ0) is 20.0. The summed E-state index contributed by atoms with van der Waals surface area (Å²) in [6, 6.07) is 4.41. The summed E-state index contributed by atoms with van der Waals surface area (Å²) in [7, 11) is 1.25. The number of carbonyl (C=O) groups excluding carboxylic acids is 1. The molecule has 2 amide bonds. The Morgan fingerprint density at radius 2 is 2.22 bits per heavy atom. The highest BCUT2D eigenvalue weighted by Crippen LogP contribution is 2.41. The van der Waals surface area contributed by atoms with Gasteiger partial charge in [0.1, 0.15) is 5.82 Å². The summed E-state index contributed by atoms with van der Waals surface area (Å²) >= 11 is 5.90.